The summed E-state index contributed by atoms with van der Waals surface area (Å²) in [6, 6.07) is 3.17. The smallest absolute Gasteiger partial charge is 0.314 e. The Labute approximate surface area is 144 Å². The van der Waals surface area contributed by atoms with E-state index in [2.05, 4.69) is 5.32 Å². The fourth-order valence-electron chi connectivity index (χ4n) is 2.59. The van der Waals surface area contributed by atoms with Gasteiger partial charge in [0.15, 0.2) is 5.78 Å². The van der Waals surface area contributed by atoms with Crippen LogP contribution in [0.3, 0.4) is 0 Å². The first-order valence-corrected chi connectivity index (χ1v) is 9.22. The number of carbonyl (C=O) groups is 1. The number of nitrogens with zero attached hydrogens (tertiary/aromatic N) is 1. The minimum Gasteiger partial charge on any atom is -0.314 e. The molecule has 0 aliphatic carbocycles. The highest BCUT2D eigenvalue weighted by Gasteiger charge is 2.44. The van der Waals surface area contributed by atoms with Crippen molar-refractivity contribution in [1.29, 1.82) is 0 Å². The molecule has 1 atom stereocenters. The molecule has 1 unspecified atom stereocenters. The Morgan fingerprint density at radius 2 is 1.80 bits per heavy atom. The van der Waals surface area contributed by atoms with E-state index in [1.165, 1.54) is 36.1 Å². The Bertz CT molecular complexity index is 699. The van der Waals surface area contributed by atoms with E-state index < -0.39 is 28.8 Å². The number of carbonyl (C=O) groups excluding carboxylic acids is 1. The van der Waals surface area contributed by atoms with Crippen LogP contribution >= 0.6 is 0 Å². The normalized spacial score (nSPS) is 18.1. The number of alkyl halides is 3. The maximum Gasteiger partial charge on any atom is 0.405 e. The van der Waals surface area contributed by atoms with E-state index in [1.807, 2.05) is 4.72 Å². The minimum absolute atomic E-state index is 0.182. The molecule has 1 aliphatic rings. The van der Waals surface area contributed by atoms with Crippen LogP contribution in [0.5, 0.6) is 0 Å². The number of hydrogen-bond donors (Lipinski definition) is 2. The van der Waals surface area contributed by atoms with Gasteiger partial charge >= 0.3 is 6.18 Å². The van der Waals surface area contributed by atoms with Crippen molar-refractivity contribution in [3.05, 3.63) is 29.8 Å². The molecule has 1 aliphatic heterocycles. The maximum absolute atomic E-state index is 13.3. The third kappa shape index (κ3) is 5.24. The van der Waals surface area contributed by atoms with Crippen LogP contribution in [0.4, 0.5) is 13.2 Å². The van der Waals surface area contributed by atoms with Gasteiger partial charge in [-0.15, -0.1) is 0 Å². The van der Waals surface area contributed by atoms with Gasteiger partial charge in [0.25, 0.3) is 0 Å². The molecule has 1 aromatic rings. The summed E-state index contributed by atoms with van der Waals surface area (Å²) in [5, 5.41) is 2.96. The number of halogens is 3. The van der Waals surface area contributed by atoms with Crippen molar-refractivity contribution in [2.45, 2.75) is 24.0 Å². The molecule has 0 amide bonds. The summed E-state index contributed by atoms with van der Waals surface area (Å²) in [6.07, 6.45) is -4.54. The Morgan fingerprint density at radius 1 is 1.24 bits per heavy atom. The lowest BCUT2D eigenvalue weighted by Gasteiger charge is -2.35. The quantitative estimate of drug-likeness (QED) is 0.721. The predicted octanol–water partition coefficient (Wildman–Crippen LogP) is 1.00. The lowest BCUT2D eigenvalue weighted by Crippen LogP contribution is -2.57. The maximum atomic E-state index is 13.3. The number of nitrogens with one attached hydrogen (secondary N) is 2. The van der Waals surface area contributed by atoms with Gasteiger partial charge in [0, 0.05) is 38.3 Å². The number of benzene rings is 1. The Morgan fingerprint density at radius 3 is 2.28 bits per heavy atom. The highest BCUT2D eigenvalue weighted by Crippen LogP contribution is 2.25. The van der Waals surface area contributed by atoms with Gasteiger partial charge in [-0.25, -0.2) is 13.1 Å². The van der Waals surface area contributed by atoms with Gasteiger partial charge in [-0.05, 0) is 19.1 Å². The fourth-order valence-corrected chi connectivity index (χ4v) is 3.62. The second-order valence-electron chi connectivity index (χ2n) is 5.78. The van der Waals surface area contributed by atoms with Crippen LogP contribution < -0.4 is 10.0 Å². The van der Waals surface area contributed by atoms with Crippen LogP contribution in [0.15, 0.2) is 29.2 Å². The van der Waals surface area contributed by atoms with E-state index in [0.717, 1.165) is 0 Å². The van der Waals surface area contributed by atoms with E-state index in [4.69, 9.17) is 0 Å². The summed E-state index contributed by atoms with van der Waals surface area (Å²) in [5.41, 5.74) is 0.327. The van der Waals surface area contributed by atoms with Crippen molar-refractivity contribution < 1.29 is 26.4 Å². The molecule has 1 fully saturated rings. The van der Waals surface area contributed by atoms with Gasteiger partial charge in [0.2, 0.25) is 10.0 Å². The lowest BCUT2D eigenvalue weighted by molar-refractivity contribution is -0.182. The highest BCUT2D eigenvalue weighted by atomic mass is 32.2. The molecular weight excluding hydrogens is 359 g/mol. The van der Waals surface area contributed by atoms with Crippen LogP contribution in [-0.2, 0) is 10.0 Å². The molecule has 0 bridgehead atoms. The van der Waals surface area contributed by atoms with Crippen molar-refractivity contribution in [3.8, 4) is 0 Å². The lowest BCUT2D eigenvalue weighted by atomic mass is 10.2. The third-order valence-electron chi connectivity index (χ3n) is 4.01. The molecule has 140 valence electrons. The van der Waals surface area contributed by atoms with Gasteiger partial charge in [-0.1, -0.05) is 12.1 Å². The van der Waals surface area contributed by atoms with Crippen LogP contribution in [0.1, 0.15) is 17.3 Å². The van der Waals surface area contributed by atoms with Crippen molar-refractivity contribution in [3.63, 3.8) is 0 Å². The molecule has 2 N–H and O–H groups in total. The molecular formula is C15H20F3N3O3S. The molecule has 0 saturated carbocycles. The van der Waals surface area contributed by atoms with Gasteiger partial charge in [0.1, 0.15) is 6.04 Å². The van der Waals surface area contributed by atoms with Gasteiger partial charge in [-0.3, -0.25) is 9.69 Å². The van der Waals surface area contributed by atoms with Crippen LogP contribution in [0.25, 0.3) is 0 Å². The molecule has 6 nitrogen and oxygen atoms in total. The standard InChI is InChI=1S/C15H20F3N3O3S/c1-11(22)12-2-4-13(5-3-12)25(23,24)20-10-14(15(16,17)18)21-8-6-19-7-9-21/h2-5,14,19-20H,6-10H2,1H3. The van der Waals surface area contributed by atoms with Gasteiger partial charge in [-0.2, -0.15) is 13.2 Å². The van der Waals surface area contributed by atoms with Crippen molar-refractivity contribution >= 4 is 15.8 Å². The van der Waals surface area contributed by atoms with Crippen molar-refractivity contribution in [2.75, 3.05) is 32.7 Å². The summed E-state index contributed by atoms with van der Waals surface area (Å²) < 4.78 is 66.4. The second-order valence-corrected chi connectivity index (χ2v) is 7.54. The summed E-state index contributed by atoms with van der Waals surface area (Å²) in [7, 11) is -4.10. The minimum atomic E-state index is -4.54. The first-order valence-electron chi connectivity index (χ1n) is 7.73. The van der Waals surface area contributed by atoms with E-state index in [1.54, 1.807) is 0 Å². The number of hydrogen-bond acceptors (Lipinski definition) is 5. The predicted molar refractivity (Wildman–Crippen MR) is 85.9 cm³/mol. The molecule has 1 heterocycles. The number of ketones is 1. The third-order valence-corrected chi connectivity index (χ3v) is 5.45. The summed E-state index contributed by atoms with van der Waals surface area (Å²) in [4.78, 5) is 12.2. The van der Waals surface area contributed by atoms with Crippen molar-refractivity contribution in [1.82, 2.24) is 14.9 Å². The molecule has 1 aromatic carbocycles. The topological polar surface area (TPSA) is 78.5 Å². The monoisotopic (exact) mass is 379 g/mol. The summed E-state index contributed by atoms with van der Waals surface area (Å²) >= 11 is 0. The Hall–Kier alpha value is -1.49. The van der Waals surface area contributed by atoms with E-state index in [-0.39, 0.29) is 23.8 Å². The van der Waals surface area contributed by atoms with Crippen LogP contribution in [-0.4, -0.2) is 64.0 Å². The Balaban J connectivity index is 2.11. The zero-order chi connectivity index (χ0) is 18.7. The zero-order valence-electron chi connectivity index (χ0n) is 13.6. The van der Waals surface area contributed by atoms with E-state index in [9.17, 15) is 26.4 Å². The molecule has 25 heavy (non-hydrogen) atoms. The van der Waals surface area contributed by atoms with Gasteiger partial charge in [0.05, 0.1) is 4.90 Å². The first kappa shape index (κ1) is 19.8. The number of rotatable bonds is 6. The Kier molecular flexibility index (Phi) is 6.20. The first-order chi connectivity index (χ1) is 11.6. The highest BCUT2D eigenvalue weighted by molar-refractivity contribution is 7.89. The number of piperazine rings is 1. The summed E-state index contributed by atoms with van der Waals surface area (Å²) in [5.74, 6) is -0.229. The van der Waals surface area contributed by atoms with Gasteiger partial charge < -0.3 is 5.32 Å². The average molecular weight is 379 g/mol. The molecule has 1 saturated heterocycles. The zero-order valence-corrected chi connectivity index (χ0v) is 14.5. The van der Waals surface area contributed by atoms with Crippen LogP contribution in [0, 0.1) is 0 Å². The molecule has 10 heteroatoms. The van der Waals surface area contributed by atoms with Crippen LogP contribution in [0.2, 0.25) is 0 Å². The average Bonchev–Trinajstić information content (AvgIpc) is 2.54. The van der Waals surface area contributed by atoms with Crippen molar-refractivity contribution in [2.24, 2.45) is 0 Å². The fraction of sp³-hybridized carbons (Fsp3) is 0.533. The number of Topliss-reactive ketones (excluding diaryl/α,β-unsaturated/α-hetero) is 1. The second kappa shape index (κ2) is 7.81. The summed E-state index contributed by atoms with van der Waals surface area (Å²) in [6.45, 7) is 1.81. The van der Waals surface area contributed by atoms with E-state index >= 15 is 0 Å². The molecule has 0 spiro atoms. The molecule has 0 radical (unpaired) electrons. The largest absolute Gasteiger partial charge is 0.405 e. The van der Waals surface area contributed by atoms with E-state index in [0.29, 0.717) is 18.7 Å². The SMILES string of the molecule is CC(=O)c1ccc(S(=O)(=O)NCC(N2CCNCC2)C(F)(F)F)cc1. The molecule has 0 aromatic heterocycles. The molecule has 2 rings (SSSR count). The number of sulfonamides is 1.